The fraction of sp³-hybridized carbons (Fsp3) is 1.00. The van der Waals surface area contributed by atoms with Gasteiger partial charge in [-0.25, -0.2) is 0 Å². The van der Waals surface area contributed by atoms with Gasteiger partial charge in [0.25, 0.3) is 0 Å². The van der Waals surface area contributed by atoms with Gasteiger partial charge in [0.2, 0.25) is 0 Å². The summed E-state index contributed by atoms with van der Waals surface area (Å²) in [6.07, 6.45) is 0.357. The summed E-state index contributed by atoms with van der Waals surface area (Å²) in [6, 6.07) is 0. The lowest BCUT2D eigenvalue weighted by Gasteiger charge is -2.31. The quantitative estimate of drug-likeness (QED) is 0.674. The first-order valence-electron chi connectivity index (χ1n) is 4.25. The summed E-state index contributed by atoms with van der Waals surface area (Å²) in [4.78, 5) is 2.37. The lowest BCUT2D eigenvalue weighted by atomic mass is 10.3. The van der Waals surface area contributed by atoms with E-state index in [4.69, 9.17) is 9.47 Å². The van der Waals surface area contributed by atoms with Crippen molar-refractivity contribution in [2.75, 3.05) is 45.3 Å². The lowest BCUT2D eigenvalue weighted by molar-refractivity contribution is -0.0215. The van der Waals surface area contributed by atoms with Crippen LogP contribution in [0.1, 0.15) is 0 Å². The molecular weight excluding hydrogens is 222 g/mol. The molecule has 0 spiro atoms. The molecular formula is C8H16BrNO2. The molecule has 0 bridgehead atoms. The molecule has 3 nitrogen and oxygen atoms in total. The van der Waals surface area contributed by atoms with E-state index in [0.29, 0.717) is 6.10 Å². The number of alkyl halides is 1. The minimum Gasteiger partial charge on any atom is -0.383 e. The molecule has 1 aliphatic rings. The van der Waals surface area contributed by atoms with E-state index in [1.165, 1.54) is 0 Å². The third-order valence-corrected chi connectivity index (χ3v) is 2.73. The van der Waals surface area contributed by atoms with Crippen molar-refractivity contribution in [1.82, 2.24) is 4.90 Å². The van der Waals surface area contributed by atoms with Crippen LogP contribution in [0.3, 0.4) is 0 Å². The summed E-state index contributed by atoms with van der Waals surface area (Å²) < 4.78 is 10.5. The summed E-state index contributed by atoms with van der Waals surface area (Å²) in [7, 11) is 1.74. The summed E-state index contributed by atoms with van der Waals surface area (Å²) in [6.45, 7) is 4.74. The predicted molar refractivity (Wildman–Crippen MR) is 51.9 cm³/mol. The van der Waals surface area contributed by atoms with Crippen LogP contribution < -0.4 is 0 Å². The van der Waals surface area contributed by atoms with Gasteiger partial charge in [-0.2, -0.15) is 0 Å². The number of ether oxygens (including phenoxy) is 2. The van der Waals surface area contributed by atoms with Gasteiger partial charge in [-0.15, -0.1) is 0 Å². The average Bonchev–Trinajstić information content (AvgIpc) is 2.15. The van der Waals surface area contributed by atoms with Crippen molar-refractivity contribution in [2.24, 2.45) is 0 Å². The second-order valence-corrected chi connectivity index (χ2v) is 3.59. The number of halogens is 1. The molecule has 12 heavy (non-hydrogen) atoms. The molecule has 1 heterocycles. The van der Waals surface area contributed by atoms with Crippen LogP contribution in [0.4, 0.5) is 0 Å². The standard InChI is InChI=1S/C8H16BrNO2/c1-11-4-2-10-3-5-12-8(6-9)7-10/h8H,2-7H2,1H3. The highest BCUT2D eigenvalue weighted by Crippen LogP contribution is 2.06. The molecule has 0 amide bonds. The Hall–Kier alpha value is 0.360. The first kappa shape index (κ1) is 10.4. The van der Waals surface area contributed by atoms with Crippen molar-refractivity contribution in [3.05, 3.63) is 0 Å². The van der Waals surface area contributed by atoms with Gasteiger partial charge in [-0.1, -0.05) is 15.9 Å². The Bertz CT molecular complexity index is 124. The number of rotatable bonds is 4. The Morgan fingerprint density at radius 2 is 2.50 bits per heavy atom. The SMILES string of the molecule is COCCN1CCOC(CBr)C1. The van der Waals surface area contributed by atoms with E-state index in [0.717, 1.165) is 38.2 Å². The first-order valence-corrected chi connectivity index (χ1v) is 5.38. The van der Waals surface area contributed by atoms with Crippen LogP contribution in [0.2, 0.25) is 0 Å². The largest absolute Gasteiger partial charge is 0.383 e. The molecule has 0 aliphatic carbocycles. The molecule has 0 aromatic carbocycles. The number of methoxy groups -OCH3 is 1. The van der Waals surface area contributed by atoms with Gasteiger partial charge >= 0.3 is 0 Å². The minimum absolute atomic E-state index is 0.357. The highest BCUT2D eigenvalue weighted by atomic mass is 79.9. The van der Waals surface area contributed by atoms with Gasteiger partial charge in [-0.3, -0.25) is 4.90 Å². The minimum atomic E-state index is 0.357. The monoisotopic (exact) mass is 237 g/mol. The Morgan fingerprint density at radius 1 is 1.67 bits per heavy atom. The van der Waals surface area contributed by atoms with Gasteiger partial charge in [0, 0.05) is 32.1 Å². The van der Waals surface area contributed by atoms with Crippen LogP contribution in [-0.4, -0.2) is 56.3 Å². The van der Waals surface area contributed by atoms with Crippen LogP contribution >= 0.6 is 15.9 Å². The molecule has 1 saturated heterocycles. The van der Waals surface area contributed by atoms with E-state index in [-0.39, 0.29) is 0 Å². The third kappa shape index (κ3) is 3.39. The highest BCUT2D eigenvalue weighted by Gasteiger charge is 2.18. The molecule has 1 fully saturated rings. The Morgan fingerprint density at radius 3 is 3.17 bits per heavy atom. The van der Waals surface area contributed by atoms with Crippen molar-refractivity contribution in [1.29, 1.82) is 0 Å². The zero-order valence-corrected chi connectivity index (χ0v) is 9.05. The van der Waals surface area contributed by atoms with Crippen molar-refractivity contribution in [2.45, 2.75) is 6.10 Å². The molecule has 0 aromatic heterocycles. The maximum atomic E-state index is 5.51. The molecule has 4 heteroatoms. The predicted octanol–water partition coefficient (Wildman–Crippen LogP) is 0.728. The molecule has 72 valence electrons. The van der Waals surface area contributed by atoms with E-state index in [9.17, 15) is 0 Å². The number of hydrogen-bond donors (Lipinski definition) is 0. The Balaban J connectivity index is 2.16. The Kier molecular flexibility index (Phi) is 5.14. The lowest BCUT2D eigenvalue weighted by Crippen LogP contribution is -2.44. The maximum Gasteiger partial charge on any atom is 0.0799 e. The molecule has 1 rings (SSSR count). The van der Waals surface area contributed by atoms with E-state index in [2.05, 4.69) is 20.8 Å². The highest BCUT2D eigenvalue weighted by molar-refractivity contribution is 9.09. The van der Waals surface area contributed by atoms with Crippen LogP contribution in [0.25, 0.3) is 0 Å². The smallest absolute Gasteiger partial charge is 0.0799 e. The number of morpholine rings is 1. The summed E-state index contributed by atoms with van der Waals surface area (Å²) in [5.74, 6) is 0. The second kappa shape index (κ2) is 5.91. The van der Waals surface area contributed by atoms with Gasteiger partial charge in [0.05, 0.1) is 19.3 Å². The van der Waals surface area contributed by atoms with Crippen LogP contribution in [0.5, 0.6) is 0 Å². The number of hydrogen-bond acceptors (Lipinski definition) is 3. The molecule has 1 atom stereocenters. The van der Waals surface area contributed by atoms with Crippen molar-refractivity contribution >= 4 is 15.9 Å². The molecule has 1 unspecified atom stereocenters. The summed E-state index contributed by atoms with van der Waals surface area (Å²) in [5.41, 5.74) is 0. The zero-order valence-electron chi connectivity index (χ0n) is 7.46. The van der Waals surface area contributed by atoms with Crippen molar-refractivity contribution < 1.29 is 9.47 Å². The van der Waals surface area contributed by atoms with Crippen LogP contribution in [0, 0.1) is 0 Å². The summed E-state index contributed by atoms with van der Waals surface area (Å²) in [5, 5.41) is 0.927. The molecule has 1 aliphatic heterocycles. The molecule has 0 aromatic rings. The molecule has 0 N–H and O–H groups in total. The molecule has 0 radical (unpaired) electrons. The van der Waals surface area contributed by atoms with Crippen molar-refractivity contribution in [3.63, 3.8) is 0 Å². The maximum absolute atomic E-state index is 5.51. The van der Waals surface area contributed by atoms with Gasteiger partial charge in [0.15, 0.2) is 0 Å². The van der Waals surface area contributed by atoms with E-state index in [1.807, 2.05) is 0 Å². The second-order valence-electron chi connectivity index (χ2n) is 2.94. The van der Waals surface area contributed by atoms with E-state index < -0.39 is 0 Å². The topological polar surface area (TPSA) is 21.7 Å². The van der Waals surface area contributed by atoms with E-state index in [1.54, 1.807) is 7.11 Å². The average molecular weight is 238 g/mol. The van der Waals surface area contributed by atoms with Crippen LogP contribution in [0.15, 0.2) is 0 Å². The Labute approximate surface area is 82.1 Å². The fourth-order valence-electron chi connectivity index (χ4n) is 1.30. The third-order valence-electron chi connectivity index (χ3n) is 2.01. The van der Waals surface area contributed by atoms with E-state index >= 15 is 0 Å². The van der Waals surface area contributed by atoms with Gasteiger partial charge in [0.1, 0.15) is 0 Å². The normalized spacial score (nSPS) is 26.0. The number of nitrogens with zero attached hydrogens (tertiary/aromatic N) is 1. The van der Waals surface area contributed by atoms with Gasteiger partial charge in [-0.05, 0) is 0 Å². The molecule has 0 saturated carbocycles. The first-order chi connectivity index (χ1) is 5.86. The van der Waals surface area contributed by atoms with Crippen molar-refractivity contribution in [3.8, 4) is 0 Å². The summed E-state index contributed by atoms with van der Waals surface area (Å²) >= 11 is 3.42. The van der Waals surface area contributed by atoms with Crippen LogP contribution in [-0.2, 0) is 9.47 Å². The van der Waals surface area contributed by atoms with Gasteiger partial charge < -0.3 is 9.47 Å². The fourth-order valence-corrected chi connectivity index (χ4v) is 1.69. The zero-order chi connectivity index (χ0) is 8.81.